The summed E-state index contributed by atoms with van der Waals surface area (Å²) >= 11 is 2.30. The number of nitrogens with one attached hydrogen (secondary N) is 1. The lowest BCUT2D eigenvalue weighted by Crippen LogP contribution is -1.90. The van der Waals surface area contributed by atoms with Crippen molar-refractivity contribution in [3.8, 4) is 22.4 Å². The molecule has 0 amide bonds. The predicted octanol–water partition coefficient (Wildman–Crippen LogP) is 4.55. The predicted molar refractivity (Wildman–Crippen MR) is 96.1 cm³/mol. The Balaban J connectivity index is 2.16. The zero-order valence-electron chi connectivity index (χ0n) is 11.9. The van der Waals surface area contributed by atoms with Crippen molar-refractivity contribution in [3.05, 3.63) is 57.2 Å². The number of benzene rings is 2. The highest BCUT2D eigenvalue weighted by molar-refractivity contribution is 14.1. The summed E-state index contributed by atoms with van der Waals surface area (Å²) in [5.41, 5.74) is 12.7. The van der Waals surface area contributed by atoms with Crippen molar-refractivity contribution in [2.24, 2.45) is 0 Å². The van der Waals surface area contributed by atoms with Crippen molar-refractivity contribution in [2.75, 3.05) is 5.73 Å². The lowest BCUT2D eigenvalue weighted by Gasteiger charge is -2.08. The fraction of sp³-hybridized carbons (Fsp3) is 0.118. The highest BCUT2D eigenvalue weighted by Crippen LogP contribution is 2.35. The van der Waals surface area contributed by atoms with E-state index >= 15 is 0 Å². The number of aromatic amines is 1. The molecule has 21 heavy (non-hydrogen) atoms. The summed E-state index contributed by atoms with van der Waals surface area (Å²) < 4.78 is 1.21. The maximum Gasteiger partial charge on any atom is 0.153 e. The van der Waals surface area contributed by atoms with Crippen LogP contribution in [0.4, 0.5) is 5.82 Å². The molecular formula is C17H16IN3. The van der Waals surface area contributed by atoms with E-state index in [0.717, 1.165) is 22.4 Å². The van der Waals surface area contributed by atoms with Gasteiger partial charge in [-0.05, 0) is 65.3 Å². The summed E-state index contributed by atoms with van der Waals surface area (Å²) in [4.78, 5) is 0. The molecule has 0 unspecified atom stereocenters. The maximum atomic E-state index is 6.08. The van der Waals surface area contributed by atoms with Crippen LogP contribution in [0, 0.1) is 17.4 Å². The second kappa shape index (κ2) is 5.52. The van der Waals surface area contributed by atoms with E-state index in [9.17, 15) is 0 Å². The molecule has 0 aliphatic rings. The summed E-state index contributed by atoms with van der Waals surface area (Å²) in [5.74, 6) is 0.534. The van der Waals surface area contributed by atoms with Gasteiger partial charge in [-0.2, -0.15) is 5.10 Å². The maximum absolute atomic E-state index is 6.08. The first-order valence-corrected chi connectivity index (χ1v) is 7.81. The second-order valence-electron chi connectivity index (χ2n) is 5.16. The van der Waals surface area contributed by atoms with Gasteiger partial charge in [0.15, 0.2) is 5.82 Å². The summed E-state index contributed by atoms with van der Waals surface area (Å²) in [6.45, 7) is 4.22. The van der Waals surface area contributed by atoms with E-state index in [1.165, 1.54) is 14.7 Å². The molecule has 0 bridgehead atoms. The van der Waals surface area contributed by atoms with Gasteiger partial charge in [-0.1, -0.05) is 30.3 Å². The van der Waals surface area contributed by atoms with E-state index in [-0.39, 0.29) is 0 Å². The van der Waals surface area contributed by atoms with E-state index < -0.39 is 0 Å². The first kappa shape index (κ1) is 14.1. The van der Waals surface area contributed by atoms with Crippen LogP contribution in [0.3, 0.4) is 0 Å². The molecule has 4 heteroatoms. The van der Waals surface area contributed by atoms with E-state index in [2.05, 4.69) is 89.1 Å². The Morgan fingerprint density at radius 3 is 2.29 bits per heavy atom. The molecule has 0 radical (unpaired) electrons. The second-order valence-corrected chi connectivity index (χ2v) is 6.41. The number of aromatic nitrogens is 2. The summed E-state index contributed by atoms with van der Waals surface area (Å²) in [7, 11) is 0. The molecule has 0 aliphatic carbocycles. The molecule has 3 nitrogen and oxygen atoms in total. The van der Waals surface area contributed by atoms with Gasteiger partial charge in [0.1, 0.15) is 0 Å². The molecular weight excluding hydrogens is 373 g/mol. The Hall–Kier alpha value is -1.82. The van der Waals surface area contributed by atoms with Crippen LogP contribution in [0.1, 0.15) is 11.1 Å². The summed E-state index contributed by atoms with van der Waals surface area (Å²) in [6.07, 6.45) is 0. The third-order valence-electron chi connectivity index (χ3n) is 3.72. The number of rotatable bonds is 2. The SMILES string of the molecule is Cc1ccc(-c2c(N)n[nH]c2-c2ccc(I)cc2)cc1C. The Labute approximate surface area is 137 Å². The van der Waals surface area contributed by atoms with Crippen molar-refractivity contribution in [1.29, 1.82) is 0 Å². The largest absolute Gasteiger partial charge is 0.382 e. The minimum atomic E-state index is 0.534. The number of nitrogens with zero attached hydrogens (tertiary/aromatic N) is 1. The number of aryl methyl sites for hydroxylation is 2. The quantitative estimate of drug-likeness (QED) is 0.632. The zero-order chi connectivity index (χ0) is 15.0. The minimum absolute atomic E-state index is 0.534. The number of hydrogen-bond acceptors (Lipinski definition) is 2. The molecule has 0 aliphatic heterocycles. The molecule has 3 rings (SSSR count). The molecule has 0 atom stereocenters. The van der Waals surface area contributed by atoms with Gasteiger partial charge in [-0.3, -0.25) is 5.10 Å². The van der Waals surface area contributed by atoms with Gasteiger partial charge in [0, 0.05) is 9.13 Å². The van der Waals surface area contributed by atoms with Gasteiger partial charge in [0.05, 0.1) is 11.3 Å². The van der Waals surface area contributed by atoms with Gasteiger partial charge in [0.25, 0.3) is 0 Å². The zero-order valence-corrected chi connectivity index (χ0v) is 14.1. The lowest BCUT2D eigenvalue weighted by molar-refractivity contribution is 1.10. The van der Waals surface area contributed by atoms with Crippen LogP contribution < -0.4 is 5.73 Å². The smallest absolute Gasteiger partial charge is 0.153 e. The van der Waals surface area contributed by atoms with Gasteiger partial charge < -0.3 is 5.73 Å². The minimum Gasteiger partial charge on any atom is -0.382 e. The van der Waals surface area contributed by atoms with Gasteiger partial charge in [0.2, 0.25) is 0 Å². The molecule has 2 aromatic carbocycles. The molecule has 1 aromatic heterocycles. The van der Waals surface area contributed by atoms with Crippen molar-refractivity contribution >= 4 is 28.4 Å². The lowest BCUT2D eigenvalue weighted by atomic mass is 9.97. The molecule has 3 aromatic rings. The topological polar surface area (TPSA) is 54.7 Å². The van der Waals surface area contributed by atoms with E-state index in [0.29, 0.717) is 5.82 Å². The number of hydrogen-bond donors (Lipinski definition) is 2. The molecule has 0 saturated carbocycles. The van der Waals surface area contributed by atoms with Crippen LogP contribution >= 0.6 is 22.6 Å². The van der Waals surface area contributed by atoms with Gasteiger partial charge in [-0.15, -0.1) is 0 Å². The Kier molecular flexibility index (Phi) is 3.71. The number of nitrogens with two attached hydrogens (primary N) is 1. The first-order valence-electron chi connectivity index (χ1n) is 6.73. The van der Waals surface area contributed by atoms with Crippen molar-refractivity contribution in [1.82, 2.24) is 10.2 Å². The molecule has 0 spiro atoms. The monoisotopic (exact) mass is 389 g/mol. The third kappa shape index (κ3) is 2.68. The fourth-order valence-electron chi connectivity index (χ4n) is 2.37. The third-order valence-corrected chi connectivity index (χ3v) is 4.44. The summed E-state index contributed by atoms with van der Waals surface area (Å²) in [5, 5.41) is 7.26. The van der Waals surface area contributed by atoms with Crippen LogP contribution in [0.25, 0.3) is 22.4 Å². The average Bonchev–Trinajstić information content (AvgIpc) is 2.85. The van der Waals surface area contributed by atoms with Crippen molar-refractivity contribution in [2.45, 2.75) is 13.8 Å². The highest BCUT2D eigenvalue weighted by atomic mass is 127. The van der Waals surface area contributed by atoms with Crippen LogP contribution in [0.5, 0.6) is 0 Å². The van der Waals surface area contributed by atoms with Crippen molar-refractivity contribution in [3.63, 3.8) is 0 Å². The number of H-pyrrole nitrogens is 1. The normalized spacial score (nSPS) is 10.8. The molecule has 3 N–H and O–H groups in total. The van der Waals surface area contributed by atoms with E-state index in [4.69, 9.17) is 5.73 Å². The van der Waals surface area contributed by atoms with Gasteiger partial charge >= 0.3 is 0 Å². The summed E-state index contributed by atoms with van der Waals surface area (Å²) in [6, 6.07) is 14.7. The Bertz CT molecular complexity index is 788. The standard InChI is InChI=1S/C17H16IN3/c1-10-3-4-13(9-11(10)2)15-16(20-21-17(15)19)12-5-7-14(18)8-6-12/h3-9H,1-2H3,(H3,19,20,21). The average molecular weight is 389 g/mol. The number of anilines is 1. The van der Waals surface area contributed by atoms with Crippen LogP contribution in [0.15, 0.2) is 42.5 Å². The molecule has 0 fully saturated rings. The molecule has 0 saturated heterocycles. The van der Waals surface area contributed by atoms with E-state index in [1.807, 2.05) is 0 Å². The Morgan fingerprint density at radius 2 is 1.62 bits per heavy atom. The van der Waals surface area contributed by atoms with Crippen molar-refractivity contribution < 1.29 is 0 Å². The highest BCUT2D eigenvalue weighted by Gasteiger charge is 2.15. The molecule has 1 heterocycles. The first-order chi connectivity index (χ1) is 10.1. The van der Waals surface area contributed by atoms with Crippen LogP contribution in [0.2, 0.25) is 0 Å². The van der Waals surface area contributed by atoms with E-state index in [1.54, 1.807) is 0 Å². The van der Waals surface area contributed by atoms with Gasteiger partial charge in [-0.25, -0.2) is 0 Å². The number of halogens is 1. The fourth-order valence-corrected chi connectivity index (χ4v) is 2.73. The van der Waals surface area contributed by atoms with Crippen LogP contribution in [-0.2, 0) is 0 Å². The van der Waals surface area contributed by atoms with Crippen LogP contribution in [-0.4, -0.2) is 10.2 Å². The molecule has 106 valence electrons. The Morgan fingerprint density at radius 1 is 0.952 bits per heavy atom. The number of nitrogen functional groups attached to an aromatic ring is 1.